The maximum atomic E-state index is 4.46. The predicted molar refractivity (Wildman–Crippen MR) is 102 cm³/mol. The zero-order valence-electron chi connectivity index (χ0n) is 15.5. The van der Waals surface area contributed by atoms with Crippen LogP contribution in [0.25, 0.3) is 5.69 Å². The number of guanidine groups is 1. The number of fused-ring (bicyclic) bond motifs is 1. The molecule has 0 saturated carbocycles. The van der Waals surface area contributed by atoms with Crippen LogP contribution in [0.5, 0.6) is 0 Å². The van der Waals surface area contributed by atoms with Gasteiger partial charge in [0.1, 0.15) is 24.3 Å². The van der Waals surface area contributed by atoms with E-state index in [0.29, 0.717) is 6.54 Å². The normalized spacial score (nSPS) is 16.8. The van der Waals surface area contributed by atoms with Crippen molar-refractivity contribution in [2.75, 3.05) is 7.05 Å². The van der Waals surface area contributed by atoms with Gasteiger partial charge in [-0.15, -0.1) is 0 Å². The molecule has 1 unspecified atom stereocenters. The van der Waals surface area contributed by atoms with Crippen LogP contribution >= 0.6 is 0 Å². The highest BCUT2D eigenvalue weighted by molar-refractivity contribution is 5.80. The molecule has 9 heteroatoms. The highest BCUT2D eigenvalue weighted by atomic mass is 15.4. The van der Waals surface area contributed by atoms with Gasteiger partial charge in [0.15, 0.2) is 5.96 Å². The number of nitrogens with one attached hydrogen (secondary N) is 2. The van der Waals surface area contributed by atoms with E-state index in [1.165, 1.54) is 6.33 Å². The van der Waals surface area contributed by atoms with Crippen LogP contribution in [0.2, 0.25) is 0 Å². The van der Waals surface area contributed by atoms with Crippen LogP contribution in [-0.4, -0.2) is 48.6 Å². The summed E-state index contributed by atoms with van der Waals surface area (Å²) in [6, 6.07) is 8.46. The standard InChI is InChI=1S/C18H23N9/c1-13-23-17-7-6-15(10-26(17)25-13)24-18(19-2)21-9-14-4-3-5-16(8-14)27-12-20-11-22-27/h3-5,8,11-12,15H,6-7,9-10H2,1-2H3,(H2,19,21,24). The lowest BCUT2D eigenvalue weighted by atomic mass is 10.1. The van der Waals surface area contributed by atoms with Gasteiger partial charge in [-0.3, -0.25) is 4.99 Å². The average Bonchev–Trinajstić information content (AvgIpc) is 3.34. The average molecular weight is 365 g/mol. The number of hydrogen-bond donors (Lipinski definition) is 2. The Morgan fingerprint density at radius 3 is 3.11 bits per heavy atom. The molecule has 0 fully saturated rings. The van der Waals surface area contributed by atoms with Gasteiger partial charge in [-0.25, -0.2) is 19.3 Å². The number of aromatic nitrogens is 6. The molecule has 1 aliphatic rings. The van der Waals surface area contributed by atoms with Gasteiger partial charge in [0, 0.05) is 26.1 Å². The van der Waals surface area contributed by atoms with Gasteiger partial charge in [0.05, 0.1) is 12.2 Å². The number of hydrogen-bond acceptors (Lipinski definition) is 5. The Bertz CT molecular complexity index is 926. The Labute approximate surface area is 157 Å². The van der Waals surface area contributed by atoms with E-state index < -0.39 is 0 Å². The van der Waals surface area contributed by atoms with Crippen LogP contribution in [0.1, 0.15) is 23.6 Å². The van der Waals surface area contributed by atoms with E-state index in [0.717, 1.165) is 48.2 Å². The number of benzene rings is 1. The van der Waals surface area contributed by atoms with Gasteiger partial charge >= 0.3 is 0 Å². The molecule has 1 atom stereocenters. The Morgan fingerprint density at radius 2 is 2.30 bits per heavy atom. The summed E-state index contributed by atoms with van der Waals surface area (Å²) in [5.41, 5.74) is 2.12. The highest BCUT2D eigenvalue weighted by Crippen LogP contribution is 2.13. The minimum atomic E-state index is 0.284. The van der Waals surface area contributed by atoms with Crippen molar-refractivity contribution in [3.63, 3.8) is 0 Å². The quantitative estimate of drug-likeness (QED) is 0.525. The molecule has 0 spiro atoms. The van der Waals surface area contributed by atoms with Crippen LogP contribution < -0.4 is 10.6 Å². The van der Waals surface area contributed by atoms with E-state index >= 15 is 0 Å². The van der Waals surface area contributed by atoms with Crippen LogP contribution in [-0.2, 0) is 19.5 Å². The Hall–Kier alpha value is -3.23. The third kappa shape index (κ3) is 3.97. The second kappa shape index (κ2) is 7.56. The minimum absolute atomic E-state index is 0.284. The van der Waals surface area contributed by atoms with Gasteiger partial charge in [-0.2, -0.15) is 10.2 Å². The molecular weight excluding hydrogens is 342 g/mol. The maximum Gasteiger partial charge on any atom is 0.191 e. The van der Waals surface area contributed by atoms with Crippen molar-refractivity contribution in [2.45, 2.75) is 38.9 Å². The van der Waals surface area contributed by atoms with Crippen molar-refractivity contribution in [2.24, 2.45) is 4.99 Å². The SMILES string of the molecule is CN=C(NCc1cccc(-n2cncn2)c1)NC1CCc2nc(C)nn2C1. The molecule has 2 N–H and O–H groups in total. The maximum absolute atomic E-state index is 4.46. The number of aliphatic imine (C=N–C) groups is 1. The number of nitrogens with zero attached hydrogens (tertiary/aromatic N) is 7. The lowest BCUT2D eigenvalue weighted by molar-refractivity contribution is 0.392. The van der Waals surface area contributed by atoms with E-state index in [9.17, 15) is 0 Å². The van der Waals surface area contributed by atoms with Crippen molar-refractivity contribution in [1.82, 2.24) is 40.2 Å². The van der Waals surface area contributed by atoms with Gasteiger partial charge in [-0.1, -0.05) is 12.1 Å². The van der Waals surface area contributed by atoms with Crippen molar-refractivity contribution in [3.8, 4) is 5.69 Å². The molecular formula is C18H23N9. The molecule has 0 saturated heterocycles. The molecule has 4 rings (SSSR count). The van der Waals surface area contributed by atoms with E-state index in [-0.39, 0.29) is 6.04 Å². The first kappa shape index (κ1) is 17.2. The van der Waals surface area contributed by atoms with E-state index in [1.54, 1.807) is 18.1 Å². The zero-order valence-corrected chi connectivity index (χ0v) is 15.5. The molecule has 0 amide bonds. The summed E-state index contributed by atoms with van der Waals surface area (Å²) in [4.78, 5) is 12.8. The minimum Gasteiger partial charge on any atom is -0.352 e. The topological polar surface area (TPSA) is 97.8 Å². The summed E-state index contributed by atoms with van der Waals surface area (Å²) >= 11 is 0. The molecule has 27 heavy (non-hydrogen) atoms. The summed E-state index contributed by atoms with van der Waals surface area (Å²) in [5, 5.41) is 15.5. The van der Waals surface area contributed by atoms with E-state index in [2.05, 4.69) is 47.9 Å². The zero-order chi connectivity index (χ0) is 18.6. The molecule has 2 aromatic heterocycles. The van der Waals surface area contributed by atoms with Crippen LogP contribution in [0, 0.1) is 6.92 Å². The molecule has 0 aliphatic carbocycles. The molecule has 140 valence electrons. The third-order valence-electron chi connectivity index (χ3n) is 4.58. The second-order valence-corrected chi connectivity index (χ2v) is 6.57. The Balaban J connectivity index is 1.36. The fraction of sp³-hybridized carbons (Fsp3) is 0.389. The first-order valence-corrected chi connectivity index (χ1v) is 9.03. The summed E-state index contributed by atoms with van der Waals surface area (Å²) in [6.07, 6.45) is 5.16. The molecule has 0 radical (unpaired) electrons. The summed E-state index contributed by atoms with van der Waals surface area (Å²) < 4.78 is 3.74. The van der Waals surface area contributed by atoms with Crippen LogP contribution in [0.3, 0.4) is 0 Å². The smallest absolute Gasteiger partial charge is 0.191 e. The van der Waals surface area contributed by atoms with Gasteiger partial charge in [0.25, 0.3) is 0 Å². The predicted octanol–water partition coefficient (Wildman–Crippen LogP) is 0.847. The van der Waals surface area contributed by atoms with Crippen molar-refractivity contribution >= 4 is 5.96 Å². The van der Waals surface area contributed by atoms with E-state index in [1.807, 2.05) is 23.7 Å². The Morgan fingerprint density at radius 1 is 1.37 bits per heavy atom. The lowest BCUT2D eigenvalue weighted by Crippen LogP contribution is -2.46. The molecule has 9 nitrogen and oxygen atoms in total. The highest BCUT2D eigenvalue weighted by Gasteiger charge is 2.21. The fourth-order valence-corrected chi connectivity index (χ4v) is 3.28. The van der Waals surface area contributed by atoms with Crippen LogP contribution in [0.15, 0.2) is 41.9 Å². The van der Waals surface area contributed by atoms with Crippen molar-refractivity contribution in [3.05, 3.63) is 54.1 Å². The third-order valence-corrected chi connectivity index (χ3v) is 4.58. The Kier molecular flexibility index (Phi) is 4.82. The first-order valence-electron chi connectivity index (χ1n) is 9.03. The fourth-order valence-electron chi connectivity index (χ4n) is 3.28. The van der Waals surface area contributed by atoms with Gasteiger partial charge in [0.2, 0.25) is 0 Å². The van der Waals surface area contributed by atoms with Gasteiger partial charge < -0.3 is 10.6 Å². The molecule has 1 aliphatic heterocycles. The van der Waals surface area contributed by atoms with Crippen molar-refractivity contribution in [1.29, 1.82) is 0 Å². The second-order valence-electron chi connectivity index (χ2n) is 6.57. The van der Waals surface area contributed by atoms with E-state index in [4.69, 9.17) is 0 Å². The lowest BCUT2D eigenvalue weighted by Gasteiger charge is -2.25. The van der Waals surface area contributed by atoms with Crippen LogP contribution in [0.4, 0.5) is 0 Å². The summed E-state index contributed by atoms with van der Waals surface area (Å²) in [5.74, 6) is 2.69. The summed E-state index contributed by atoms with van der Waals surface area (Å²) in [7, 11) is 1.79. The summed E-state index contributed by atoms with van der Waals surface area (Å²) in [6.45, 7) is 3.41. The van der Waals surface area contributed by atoms with Crippen molar-refractivity contribution < 1.29 is 0 Å². The molecule has 1 aromatic carbocycles. The molecule has 0 bridgehead atoms. The van der Waals surface area contributed by atoms with Gasteiger partial charge in [-0.05, 0) is 31.0 Å². The first-order chi connectivity index (χ1) is 13.2. The monoisotopic (exact) mass is 365 g/mol. The number of aryl methyl sites for hydroxylation is 2. The molecule has 3 heterocycles. The molecule has 3 aromatic rings. The largest absolute Gasteiger partial charge is 0.352 e. The number of rotatable bonds is 4.